The normalized spacial score (nSPS) is 19.0. The van der Waals surface area contributed by atoms with Crippen molar-refractivity contribution in [3.63, 3.8) is 0 Å². The lowest BCUT2D eigenvalue weighted by Gasteiger charge is -2.32. The Kier molecular flexibility index (Phi) is 4.00. The predicted molar refractivity (Wildman–Crippen MR) is 72.1 cm³/mol. The molecular formula is C14H23N3. The second kappa shape index (κ2) is 5.50. The third kappa shape index (κ3) is 2.97. The van der Waals surface area contributed by atoms with E-state index in [-0.39, 0.29) is 6.04 Å². The van der Waals surface area contributed by atoms with Crippen LogP contribution in [0.15, 0.2) is 18.3 Å². The second-order valence-corrected chi connectivity index (χ2v) is 5.13. The summed E-state index contributed by atoms with van der Waals surface area (Å²) in [5.41, 5.74) is 7.98. The molecule has 0 unspecified atom stereocenters. The third-order valence-electron chi connectivity index (χ3n) is 3.77. The van der Waals surface area contributed by atoms with Crippen molar-refractivity contribution in [2.75, 3.05) is 11.9 Å². The highest BCUT2D eigenvalue weighted by atomic mass is 15.1. The van der Waals surface area contributed by atoms with E-state index in [4.69, 9.17) is 5.73 Å². The zero-order valence-electron chi connectivity index (χ0n) is 10.9. The molecule has 0 aliphatic heterocycles. The molecular weight excluding hydrogens is 210 g/mol. The monoisotopic (exact) mass is 233 g/mol. The van der Waals surface area contributed by atoms with Crippen molar-refractivity contribution in [1.82, 2.24) is 4.98 Å². The first-order valence-electron chi connectivity index (χ1n) is 6.63. The molecule has 0 radical (unpaired) electrons. The van der Waals surface area contributed by atoms with E-state index in [1.807, 2.05) is 19.2 Å². The van der Waals surface area contributed by atoms with Crippen molar-refractivity contribution in [3.8, 4) is 0 Å². The highest BCUT2D eigenvalue weighted by Crippen LogP contribution is 2.25. The molecule has 1 aromatic rings. The topological polar surface area (TPSA) is 42.1 Å². The fourth-order valence-electron chi connectivity index (χ4n) is 2.55. The van der Waals surface area contributed by atoms with Gasteiger partial charge in [-0.2, -0.15) is 0 Å². The molecule has 1 aliphatic rings. The molecule has 0 aromatic carbocycles. The highest BCUT2D eigenvalue weighted by molar-refractivity contribution is 5.45. The number of hydrogen-bond donors (Lipinski definition) is 1. The highest BCUT2D eigenvalue weighted by Gasteiger charge is 2.18. The van der Waals surface area contributed by atoms with Gasteiger partial charge in [-0.05, 0) is 31.9 Å². The van der Waals surface area contributed by atoms with Gasteiger partial charge in [0.1, 0.15) is 0 Å². The van der Waals surface area contributed by atoms with E-state index in [0.717, 1.165) is 5.69 Å². The van der Waals surface area contributed by atoms with E-state index in [9.17, 15) is 0 Å². The van der Waals surface area contributed by atoms with Crippen LogP contribution in [0, 0.1) is 0 Å². The molecule has 0 spiro atoms. The predicted octanol–water partition coefficient (Wildman–Crippen LogP) is 2.87. The Labute approximate surface area is 104 Å². The standard InChI is InChI=1S/C14H23N3/c1-11(15)14-9-8-13(10-16-14)17(2)12-6-4-3-5-7-12/h8-12H,3-7,15H2,1-2H3/t11-/m0/s1. The van der Waals surface area contributed by atoms with Gasteiger partial charge in [0.2, 0.25) is 0 Å². The summed E-state index contributed by atoms with van der Waals surface area (Å²) >= 11 is 0. The maximum atomic E-state index is 5.81. The third-order valence-corrected chi connectivity index (χ3v) is 3.77. The zero-order chi connectivity index (χ0) is 12.3. The van der Waals surface area contributed by atoms with Crippen LogP contribution < -0.4 is 10.6 Å². The minimum atomic E-state index is 0.0176. The van der Waals surface area contributed by atoms with Crippen LogP contribution >= 0.6 is 0 Å². The van der Waals surface area contributed by atoms with Crippen LogP contribution in [0.1, 0.15) is 50.8 Å². The molecule has 1 aromatic heterocycles. The Bertz CT molecular complexity index is 339. The van der Waals surface area contributed by atoms with E-state index < -0.39 is 0 Å². The van der Waals surface area contributed by atoms with Crippen LogP contribution in [0.2, 0.25) is 0 Å². The molecule has 1 fully saturated rings. The quantitative estimate of drug-likeness (QED) is 0.873. The van der Waals surface area contributed by atoms with Crippen molar-refractivity contribution in [2.45, 2.75) is 51.1 Å². The van der Waals surface area contributed by atoms with Gasteiger partial charge in [-0.25, -0.2) is 0 Å². The van der Waals surface area contributed by atoms with Gasteiger partial charge < -0.3 is 10.6 Å². The molecule has 2 rings (SSSR count). The molecule has 3 nitrogen and oxygen atoms in total. The molecule has 0 amide bonds. The molecule has 3 heteroatoms. The van der Waals surface area contributed by atoms with Gasteiger partial charge in [0.25, 0.3) is 0 Å². The van der Waals surface area contributed by atoms with Crippen molar-refractivity contribution in [1.29, 1.82) is 0 Å². The van der Waals surface area contributed by atoms with Crippen LogP contribution in [0.3, 0.4) is 0 Å². The minimum Gasteiger partial charge on any atom is -0.370 e. The van der Waals surface area contributed by atoms with Gasteiger partial charge in [-0.1, -0.05) is 19.3 Å². The van der Waals surface area contributed by atoms with Crippen molar-refractivity contribution < 1.29 is 0 Å². The lowest BCUT2D eigenvalue weighted by atomic mass is 9.94. The first-order chi connectivity index (χ1) is 8.18. The lowest BCUT2D eigenvalue weighted by Crippen LogP contribution is -2.33. The summed E-state index contributed by atoms with van der Waals surface area (Å²) in [5.74, 6) is 0. The van der Waals surface area contributed by atoms with E-state index in [1.54, 1.807) is 0 Å². The molecule has 1 aliphatic carbocycles. The van der Waals surface area contributed by atoms with E-state index >= 15 is 0 Å². The van der Waals surface area contributed by atoms with Crippen LogP contribution in [0.5, 0.6) is 0 Å². The number of rotatable bonds is 3. The minimum absolute atomic E-state index is 0.0176. The number of aromatic nitrogens is 1. The maximum absolute atomic E-state index is 5.81. The maximum Gasteiger partial charge on any atom is 0.0569 e. The van der Waals surface area contributed by atoms with Gasteiger partial charge in [0, 0.05) is 19.1 Å². The SMILES string of the molecule is C[C@H](N)c1ccc(N(C)C2CCCCC2)cn1. The lowest BCUT2D eigenvalue weighted by molar-refractivity contribution is 0.427. The summed E-state index contributed by atoms with van der Waals surface area (Å²) in [6.45, 7) is 1.97. The second-order valence-electron chi connectivity index (χ2n) is 5.13. The summed E-state index contributed by atoms with van der Waals surface area (Å²) < 4.78 is 0. The molecule has 17 heavy (non-hydrogen) atoms. The van der Waals surface area contributed by atoms with Gasteiger partial charge in [0.05, 0.1) is 17.6 Å². The van der Waals surface area contributed by atoms with Gasteiger partial charge >= 0.3 is 0 Å². The summed E-state index contributed by atoms with van der Waals surface area (Å²) in [5, 5.41) is 0. The zero-order valence-corrected chi connectivity index (χ0v) is 10.9. The summed E-state index contributed by atoms with van der Waals surface area (Å²) in [6, 6.07) is 4.88. The van der Waals surface area contributed by atoms with Crippen molar-refractivity contribution in [2.24, 2.45) is 5.73 Å². The molecule has 0 saturated heterocycles. The Morgan fingerprint density at radius 1 is 1.29 bits per heavy atom. The Balaban J connectivity index is 2.05. The van der Waals surface area contributed by atoms with Crippen molar-refractivity contribution in [3.05, 3.63) is 24.0 Å². The molecule has 0 bridgehead atoms. The fraction of sp³-hybridized carbons (Fsp3) is 0.643. The largest absolute Gasteiger partial charge is 0.370 e. The molecule has 1 atom stereocenters. The average Bonchev–Trinajstić information content (AvgIpc) is 2.39. The fourth-order valence-corrected chi connectivity index (χ4v) is 2.55. The van der Waals surface area contributed by atoms with Crippen LogP contribution in [0.25, 0.3) is 0 Å². The molecule has 2 N–H and O–H groups in total. The summed E-state index contributed by atoms with van der Waals surface area (Å²) in [7, 11) is 2.18. The van der Waals surface area contributed by atoms with E-state index in [2.05, 4.69) is 23.0 Å². The van der Waals surface area contributed by atoms with E-state index in [1.165, 1.54) is 37.8 Å². The molecule has 94 valence electrons. The van der Waals surface area contributed by atoms with Gasteiger partial charge in [-0.15, -0.1) is 0 Å². The summed E-state index contributed by atoms with van der Waals surface area (Å²) in [6.07, 6.45) is 8.69. The molecule has 1 saturated carbocycles. The van der Waals surface area contributed by atoms with Crippen LogP contribution in [-0.2, 0) is 0 Å². The van der Waals surface area contributed by atoms with Crippen molar-refractivity contribution >= 4 is 5.69 Å². The Morgan fingerprint density at radius 2 is 2.00 bits per heavy atom. The first kappa shape index (κ1) is 12.4. The smallest absolute Gasteiger partial charge is 0.0569 e. The van der Waals surface area contributed by atoms with Gasteiger partial charge in [-0.3, -0.25) is 4.98 Å². The number of anilines is 1. The number of nitrogens with zero attached hydrogens (tertiary/aromatic N) is 2. The number of hydrogen-bond acceptors (Lipinski definition) is 3. The Morgan fingerprint density at radius 3 is 2.53 bits per heavy atom. The number of nitrogens with two attached hydrogens (primary N) is 1. The Hall–Kier alpha value is -1.09. The van der Waals surface area contributed by atoms with Gasteiger partial charge in [0.15, 0.2) is 0 Å². The first-order valence-corrected chi connectivity index (χ1v) is 6.63. The average molecular weight is 233 g/mol. The number of pyridine rings is 1. The molecule has 1 heterocycles. The van der Waals surface area contributed by atoms with Crippen LogP contribution in [0.4, 0.5) is 5.69 Å². The van der Waals surface area contributed by atoms with E-state index in [0.29, 0.717) is 6.04 Å². The summed E-state index contributed by atoms with van der Waals surface area (Å²) in [4.78, 5) is 6.80. The van der Waals surface area contributed by atoms with Crippen LogP contribution in [-0.4, -0.2) is 18.1 Å².